The number of carbonyl (C=O) groups excluding carboxylic acids is 3. The normalized spacial score (nSPS) is 26.9. The number of halogens is 2. The van der Waals surface area contributed by atoms with Gasteiger partial charge in [0.05, 0.1) is 5.41 Å². The molecule has 0 aliphatic carbocycles. The number of piperidine rings is 1. The van der Waals surface area contributed by atoms with Gasteiger partial charge in [0, 0.05) is 52.4 Å². The molecule has 202 valence electrons. The Morgan fingerprint density at radius 3 is 2.33 bits per heavy atom. The van der Waals surface area contributed by atoms with Crippen LogP contribution in [0.4, 0.5) is 5.69 Å². The molecule has 1 N–H and O–H groups in total. The highest BCUT2D eigenvalue weighted by atomic mass is 35.5. The van der Waals surface area contributed by atoms with E-state index < -0.39 is 16.9 Å². The van der Waals surface area contributed by atoms with E-state index in [0.29, 0.717) is 27.9 Å². The Balaban J connectivity index is 1.65. The summed E-state index contributed by atoms with van der Waals surface area (Å²) < 4.78 is 0. The molecule has 40 heavy (non-hydrogen) atoms. The largest absolute Gasteiger partial charge is 0.334 e. The van der Waals surface area contributed by atoms with Crippen LogP contribution >= 0.6 is 23.2 Å². The molecule has 3 aromatic rings. The molecule has 0 bridgehead atoms. The molecule has 2 amide bonds. The number of anilines is 1. The van der Waals surface area contributed by atoms with Crippen molar-refractivity contribution < 1.29 is 14.4 Å². The Kier molecular flexibility index (Phi) is 6.45. The first kappa shape index (κ1) is 26.5. The Bertz CT molecular complexity index is 1580. The van der Waals surface area contributed by atoms with Crippen LogP contribution in [0.5, 0.6) is 0 Å². The van der Waals surface area contributed by atoms with Crippen LogP contribution in [0.2, 0.25) is 10.0 Å². The number of likely N-dealkylation sites (tertiary alicyclic amines) is 2. The summed E-state index contributed by atoms with van der Waals surface area (Å²) in [4.78, 5) is 46.3. The SMILES string of the molecule is C=CC(=O)N1C/C(=C\c2ccc(Cl)cc2)C(=O)[C@@]2(C1)[C@H](c1ccc(Cl)cc1)CN(C)[C@]21C(=O)Nc2ccccc21. The Labute approximate surface area is 242 Å². The smallest absolute Gasteiger partial charge is 0.250 e. The highest BCUT2D eigenvalue weighted by Crippen LogP contribution is 2.64. The zero-order valence-corrected chi connectivity index (χ0v) is 23.4. The molecule has 0 aromatic heterocycles. The summed E-state index contributed by atoms with van der Waals surface area (Å²) in [5.41, 5.74) is 0.776. The maximum Gasteiger partial charge on any atom is 0.250 e. The van der Waals surface area contributed by atoms with Gasteiger partial charge in [-0.3, -0.25) is 19.3 Å². The van der Waals surface area contributed by atoms with E-state index in [2.05, 4.69) is 11.9 Å². The van der Waals surface area contributed by atoms with Crippen molar-refractivity contribution in [2.75, 3.05) is 32.0 Å². The van der Waals surface area contributed by atoms with E-state index in [9.17, 15) is 9.59 Å². The van der Waals surface area contributed by atoms with Gasteiger partial charge in [-0.15, -0.1) is 0 Å². The summed E-state index contributed by atoms with van der Waals surface area (Å²) in [6, 6.07) is 22.1. The van der Waals surface area contributed by atoms with Crippen molar-refractivity contribution in [1.82, 2.24) is 9.80 Å². The summed E-state index contributed by atoms with van der Waals surface area (Å²) in [6.07, 6.45) is 3.06. The molecule has 6 rings (SSSR count). The zero-order valence-electron chi connectivity index (χ0n) is 21.9. The molecule has 3 atom stereocenters. The average Bonchev–Trinajstić information content (AvgIpc) is 3.40. The number of hydrogen-bond acceptors (Lipinski definition) is 4. The fourth-order valence-corrected chi connectivity index (χ4v) is 7.26. The lowest BCUT2D eigenvalue weighted by molar-refractivity contribution is -0.150. The van der Waals surface area contributed by atoms with E-state index in [0.717, 1.165) is 16.7 Å². The van der Waals surface area contributed by atoms with Gasteiger partial charge >= 0.3 is 0 Å². The molecule has 0 saturated carbocycles. The number of para-hydroxylation sites is 1. The summed E-state index contributed by atoms with van der Waals surface area (Å²) >= 11 is 12.4. The van der Waals surface area contributed by atoms with E-state index in [1.165, 1.54) is 6.08 Å². The summed E-state index contributed by atoms with van der Waals surface area (Å²) in [5.74, 6) is -1.17. The lowest BCUT2D eigenvalue weighted by Gasteiger charge is -2.51. The predicted molar refractivity (Wildman–Crippen MR) is 157 cm³/mol. The van der Waals surface area contributed by atoms with Gasteiger partial charge < -0.3 is 10.2 Å². The fourth-order valence-electron chi connectivity index (χ4n) is 7.01. The van der Waals surface area contributed by atoms with Gasteiger partial charge in [-0.05, 0) is 60.7 Å². The third-order valence-corrected chi connectivity index (χ3v) is 9.13. The number of hydrogen-bond donors (Lipinski definition) is 1. The van der Waals surface area contributed by atoms with Crippen molar-refractivity contribution in [1.29, 1.82) is 0 Å². The molecule has 3 heterocycles. The van der Waals surface area contributed by atoms with Crippen molar-refractivity contribution in [3.63, 3.8) is 0 Å². The van der Waals surface area contributed by atoms with Crippen molar-refractivity contribution in [2.45, 2.75) is 11.5 Å². The number of fused-ring (bicyclic) bond motifs is 3. The minimum absolute atomic E-state index is 0.0496. The van der Waals surface area contributed by atoms with Crippen molar-refractivity contribution in [2.24, 2.45) is 5.41 Å². The molecule has 3 aliphatic rings. The maximum atomic E-state index is 15.1. The first-order valence-corrected chi connectivity index (χ1v) is 13.8. The summed E-state index contributed by atoms with van der Waals surface area (Å²) in [6.45, 7) is 4.28. The van der Waals surface area contributed by atoms with Gasteiger partial charge in [0.25, 0.3) is 5.91 Å². The number of nitrogens with zero attached hydrogens (tertiary/aromatic N) is 2. The third-order valence-electron chi connectivity index (χ3n) is 8.63. The van der Waals surface area contributed by atoms with E-state index in [1.54, 1.807) is 35.2 Å². The van der Waals surface area contributed by atoms with Gasteiger partial charge in [-0.2, -0.15) is 0 Å². The number of rotatable bonds is 3. The number of nitrogens with one attached hydrogen (secondary N) is 1. The van der Waals surface area contributed by atoms with Gasteiger partial charge in [-0.25, -0.2) is 0 Å². The minimum atomic E-state index is -1.36. The second-order valence-corrected chi connectivity index (χ2v) is 11.5. The van der Waals surface area contributed by atoms with E-state index >= 15 is 4.79 Å². The topological polar surface area (TPSA) is 69.7 Å². The van der Waals surface area contributed by atoms with E-state index in [-0.39, 0.29) is 30.7 Å². The van der Waals surface area contributed by atoms with Crippen molar-refractivity contribution in [3.05, 3.63) is 118 Å². The van der Waals surface area contributed by atoms with Gasteiger partial charge in [0.1, 0.15) is 5.54 Å². The molecule has 3 aromatic carbocycles. The number of benzene rings is 3. The quantitative estimate of drug-likeness (QED) is 0.419. The lowest BCUT2D eigenvalue weighted by Crippen LogP contribution is -2.66. The van der Waals surface area contributed by atoms with Crippen LogP contribution in [0.1, 0.15) is 22.6 Å². The van der Waals surface area contributed by atoms with Crippen LogP contribution in [0.3, 0.4) is 0 Å². The minimum Gasteiger partial charge on any atom is -0.334 e. The Morgan fingerprint density at radius 2 is 1.65 bits per heavy atom. The lowest BCUT2D eigenvalue weighted by atomic mass is 9.56. The molecule has 8 heteroatoms. The number of ketones is 1. The summed E-state index contributed by atoms with van der Waals surface area (Å²) in [5, 5.41) is 4.20. The molecule has 0 unspecified atom stereocenters. The predicted octanol–water partition coefficient (Wildman–Crippen LogP) is 5.54. The molecule has 2 saturated heterocycles. The first-order chi connectivity index (χ1) is 19.2. The standard InChI is InChI=1S/C32H27Cl2N3O3/c1-3-28(38)37-17-22(16-20-8-12-23(33)13-9-20)29(39)31(19-37)26(21-10-14-24(34)15-11-21)18-36(2)32(31)25-6-4-5-7-27(25)35-30(32)40/h3-16,26H,1,17-19H2,2H3,(H,35,40)/b22-16+/t26-,31+,32+/m0/s1. The van der Waals surface area contributed by atoms with Crippen LogP contribution in [0.15, 0.2) is 91.0 Å². The van der Waals surface area contributed by atoms with E-state index in [1.807, 2.05) is 60.5 Å². The van der Waals surface area contributed by atoms with Crippen LogP contribution in [-0.2, 0) is 19.9 Å². The zero-order chi connectivity index (χ0) is 28.2. The van der Waals surface area contributed by atoms with Gasteiger partial charge in [0.2, 0.25) is 5.91 Å². The first-order valence-electron chi connectivity index (χ1n) is 13.0. The molecule has 2 fully saturated rings. The number of likely N-dealkylation sites (N-methyl/N-ethyl adjacent to an activating group) is 1. The molecule has 3 aliphatic heterocycles. The average molecular weight is 572 g/mol. The molecule has 0 radical (unpaired) electrons. The van der Waals surface area contributed by atoms with Crippen LogP contribution in [0.25, 0.3) is 6.08 Å². The van der Waals surface area contributed by atoms with Gasteiger partial charge in [-0.1, -0.05) is 72.2 Å². The number of amides is 2. The van der Waals surface area contributed by atoms with Crippen molar-refractivity contribution in [3.8, 4) is 0 Å². The second-order valence-electron chi connectivity index (χ2n) is 10.6. The van der Waals surface area contributed by atoms with Gasteiger partial charge in [0.15, 0.2) is 5.78 Å². The number of Topliss-reactive ketones (excluding diaryl/α,β-unsaturated/α-hetero) is 1. The van der Waals surface area contributed by atoms with E-state index in [4.69, 9.17) is 23.2 Å². The highest BCUT2D eigenvalue weighted by molar-refractivity contribution is 6.30. The Hall–Kier alpha value is -3.71. The molecular weight excluding hydrogens is 545 g/mol. The van der Waals surface area contributed by atoms with Crippen LogP contribution in [0, 0.1) is 5.41 Å². The second kappa shape index (κ2) is 9.73. The monoisotopic (exact) mass is 571 g/mol. The molecular formula is C32H27Cl2N3O3. The summed E-state index contributed by atoms with van der Waals surface area (Å²) in [7, 11) is 1.88. The Morgan fingerprint density at radius 1 is 1.00 bits per heavy atom. The number of carbonyl (C=O) groups is 3. The van der Waals surface area contributed by atoms with Crippen LogP contribution < -0.4 is 5.32 Å². The third kappa shape index (κ3) is 3.70. The maximum absolute atomic E-state index is 15.1. The van der Waals surface area contributed by atoms with Crippen LogP contribution in [-0.4, -0.2) is 54.1 Å². The van der Waals surface area contributed by atoms with Crippen molar-refractivity contribution >= 4 is 52.6 Å². The molecule has 6 nitrogen and oxygen atoms in total. The fraction of sp³-hybridized carbons (Fsp3) is 0.219. The highest BCUT2D eigenvalue weighted by Gasteiger charge is 2.75. The molecule has 2 spiro atoms.